The van der Waals surface area contributed by atoms with Gasteiger partial charge >= 0.3 is 0 Å². The molecular formula is C23H18Cl2FN3O. The largest absolute Gasteiger partial charge is 0.326 e. The molecule has 0 spiro atoms. The van der Waals surface area contributed by atoms with E-state index in [1.165, 1.54) is 6.07 Å². The number of fused-ring (bicyclic) bond motifs is 1. The van der Waals surface area contributed by atoms with Gasteiger partial charge in [0.1, 0.15) is 11.5 Å². The highest BCUT2D eigenvalue weighted by atomic mass is 35.5. The number of benzene rings is 2. The van der Waals surface area contributed by atoms with Crippen LogP contribution >= 0.6 is 23.2 Å². The second-order valence-corrected chi connectivity index (χ2v) is 7.97. The predicted octanol–water partition coefficient (Wildman–Crippen LogP) is 6.25. The van der Waals surface area contributed by atoms with Crippen LogP contribution in [0.1, 0.15) is 16.8 Å². The summed E-state index contributed by atoms with van der Waals surface area (Å²) in [6.07, 6.45) is 2.01. The second kappa shape index (κ2) is 8.09. The van der Waals surface area contributed by atoms with Crippen LogP contribution in [-0.4, -0.2) is 15.3 Å². The van der Waals surface area contributed by atoms with Crippen LogP contribution in [0.25, 0.3) is 16.9 Å². The van der Waals surface area contributed by atoms with E-state index in [1.807, 2.05) is 29.7 Å². The molecule has 0 atom stereocenters. The summed E-state index contributed by atoms with van der Waals surface area (Å²) < 4.78 is 15.7. The molecule has 0 unspecified atom stereocenters. The van der Waals surface area contributed by atoms with Crippen LogP contribution in [-0.2, 0) is 11.2 Å². The number of imidazole rings is 1. The standard InChI is InChI=1S/C23H18Cl2FN3O/c1-13-3-8-21-28-23(15-4-7-19(26)14(2)9-15)20(29(21)12-13)11-22(30)27-16-5-6-17(24)18(25)10-16/h3-10,12H,11H2,1-2H3,(H,27,30). The minimum Gasteiger partial charge on any atom is -0.326 e. The van der Waals surface area contributed by atoms with Crippen LogP contribution in [0, 0.1) is 19.7 Å². The number of nitrogens with zero attached hydrogens (tertiary/aromatic N) is 2. The van der Waals surface area contributed by atoms with E-state index in [9.17, 15) is 9.18 Å². The Morgan fingerprint density at radius 1 is 1.07 bits per heavy atom. The first-order valence-corrected chi connectivity index (χ1v) is 10.1. The monoisotopic (exact) mass is 441 g/mol. The van der Waals surface area contributed by atoms with Crippen LogP contribution in [0.5, 0.6) is 0 Å². The molecule has 4 aromatic rings. The van der Waals surface area contributed by atoms with Crippen molar-refractivity contribution in [3.05, 3.63) is 87.4 Å². The molecule has 0 bridgehead atoms. The molecule has 152 valence electrons. The number of hydrogen-bond acceptors (Lipinski definition) is 2. The lowest BCUT2D eigenvalue weighted by Crippen LogP contribution is -2.16. The number of aryl methyl sites for hydroxylation is 2. The van der Waals surface area contributed by atoms with E-state index in [-0.39, 0.29) is 18.1 Å². The predicted molar refractivity (Wildman–Crippen MR) is 119 cm³/mol. The fraction of sp³-hybridized carbons (Fsp3) is 0.130. The van der Waals surface area contributed by atoms with Crippen molar-refractivity contribution in [2.45, 2.75) is 20.3 Å². The third kappa shape index (κ3) is 4.04. The average molecular weight is 442 g/mol. The SMILES string of the molecule is Cc1ccc2nc(-c3ccc(F)c(C)c3)c(CC(=O)Nc3ccc(Cl)c(Cl)c3)n2c1. The van der Waals surface area contributed by atoms with E-state index < -0.39 is 0 Å². The molecule has 0 radical (unpaired) electrons. The molecule has 0 saturated carbocycles. The molecule has 0 saturated heterocycles. The molecule has 4 rings (SSSR count). The van der Waals surface area contributed by atoms with Gasteiger partial charge < -0.3 is 9.72 Å². The minimum absolute atomic E-state index is 0.0800. The van der Waals surface area contributed by atoms with Crippen LogP contribution < -0.4 is 5.32 Å². The van der Waals surface area contributed by atoms with Crippen molar-refractivity contribution in [1.29, 1.82) is 0 Å². The van der Waals surface area contributed by atoms with E-state index in [4.69, 9.17) is 28.2 Å². The summed E-state index contributed by atoms with van der Waals surface area (Å²) in [5, 5.41) is 3.62. The lowest BCUT2D eigenvalue weighted by molar-refractivity contribution is -0.115. The van der Waals surface area contributed by atoms with Crippen LogP contribution in [0.3, 0.4) is 0 Å². The summed E-state index contributed by atoms with van der Waals surface area (Å²) in [5.74, 6) is -0.506. The zero-order valence-corrected chi connectivity index (χ0v) is 17.9. The maximum atomic E-state index is 13.8. The molecule has 2 aromatic carbocycles. The molecule has 0 aliphatic carbocycles. The van der Waals surface area contributed by atoms with Gasteiger partial charge in [0.25, 0.3) is 0 Å². The van der Waals surface area contributed by atoms with Crippen LogP contribution in [0.2, 0.25) is 10.0 Å². The van der Waals surface area contributed by atoms with E-state index in [0.717, 1.165) is 22.5 Å². The molecule has 30 heavy (non-hydrogen) atoms. The fourth-order valence-corrected chi connectivity index (χ4v) is 3.62. The van der Waals surface area contributed by atoms with Gasteiger partial charge in [-0.3, -0.25) is 4.79 Å². The highest BCUT2D eigenvalue weighted by molar-refractivity contribution is 6.42. The lowest BCUT2D eigenvalue weighted by atomic mass is 10.1. The number of anilines is 1. The number of carbonyl (C=O) groups is 1. The van der Waals surface area contributed by atoms with Gasteiger partial charge in [-0.25, -0.2) is 9.37 Å². The highest BCUT2D eigenvalue weighted by Gasteiger charge is 2.18. The van der Waals surface area contributed by atoms with Gasteiger partial charge in [0.2, 0.25) is 5.91 Å². The molecular weight excluding hydrogens is 424 g/mol. The van der Waals surface area contributed by atoms with Gasteiger partial charge in [-0.15, -0.1) is 0 Å². The molecule has 0 fully saturated rings. The Kier molecular flexibility index (Phi) is 5.50. The molecule has 2 heterocycles. The van der Waals surface area contributed by atoms with Crippen molar-refractivity contribution in [3.8, 4) is 11.3 Å². The number of halogens is 3. The van der Waals surface area contributed by atoms with Gasteiger partial charge in [-0.05, 0) is 67.4 Å². The first-order chi connectivity index (χ1) is 14.3. The number of nitrogens with one attached hydrogen (secondary N) is 1. The van der Waals surface area contributed by atoms with Gasteiger partial charge in [-0.1, -0.05) is 29.3 Å². The molecule has 0 aliphatic heterocycles. The molecule has 1 amide bonds. The van der Waals surface area contributed by atoms with Gasteiger partial charge in [0.15, 0.2) is 0 Å². The summed E-state index contributed by atoms with van der Waals surface area (Å²) in [6.45, 7) is 3.68. The normalized spacial score (nSPS) is 11.1. The lowest BCUT2D eigenvalue weighted by Gasteiger charge is -2.09. The zero-order valence-electron chi connectivity index (χ0n) is 16.3. The molecule has 1 N–H and O–H groups in total. The smallest absolute Gasteiger partial charge is 0.230 e. The number of carbonyl (C=O) groups excluding carboxylic acids is 1. The molecule has 2 aromatic heterocycles. The summed E-state index contributed by atoms with van der Waals surface area (Å²) in [7, 11) is 0. The van der Waals surface area contributed by atoms with E-state index in [0.29, 0.717) is 27.0 Å². The highest BCUT2D eigenvalue weighted by Crippen LogP contribution is 2.28. The van der Waals surface area contributed by atoms with Gasteiger partial charge in [0, 0.05) is 17.4 Å². The third-order valence-corrected chi connectivity index (χ3v) is 5.57. The van der Waals surface area contributed by atoms with Gasteiger partial charge in [0.05, 0.1) is 27.9 Å². The van der Waals surface area contributed by atoms with Crippen molar-refractivity contribution in [2.24, 2.45) is 0 Å². The number of aromatic nitrogens is 2. The Bertz CT molecular complexity index is 1280. The quantitative estimate of drug-likeness (QED) is 0.406. The van der Waals surface area contributed by atoms with E-state index in [1.54, 1.807) is 37.3 Å². The number of amides is 1. The number of rotatable bonds is 4. The summed E-state index contributed by atoms with van der Waals surface area (Å²) in [5.41, 5.74) is 4.95. The third-order valence-electron chi connectivity index (χ3n) is 4.83. The Balaban J connectivity index is 1.74. The summed E-state index contributed by atoms with van der Waals surface area (Å²) in [6, 6.07) is 13.6. The summed E-state index contributed by atoms with van der Waals surface area (Å²) in [4.78, 5) is 17.5. The van der Waals surface area contributed by atoms with Crippen molar-refractivity contribution >= 4 is 40.4 Å². The van der Waals surface area contributed by atoms with Crippen LogP contribution in [0.4, 0.5) is 10.1 Å². The van der Waals surface area contributed by atoms with Crippen molar-refractivity contribution in [3.63, 3.8) is 0 Å². The Morgan fingerprint density at radius 2 is 1.87 bits per heavy atom. The molecule has 7 heteroatoms. The molecule has 4 nitrogen and oxygen atoms in total. The fourth-order valence-electron chi connectivity index (χ4n) is 3.32. The van der Waals surface area contributed by atoms with Crippen molar-refractivity contribution in [1.82, 2.24) is 9.38 Å². The zero-order chi connectivity index (χ0) is 21.4. The Labute approximate surface area is 183 Å². The Hall–Kier alpha value is -2.89. The Morgan fingerprint density at radius 3 is 2.60 bits per heavy atom. The van der Waals surface area contributed by atoms with Crippen LogP contribution in [0.15, 0.2) is 54.7 Å². The first kappa shape index (κ1) is 20.4. The minimum atomic E-state index is -0.280. The number of hydrogen-bond donors (Lipinski definition) is 1. The van der Waals surface area contributed by atoms with Crippen molar-refractivity contribution < 1.29 is 9.18 Å². The van der Waals surface area contributed by atoms with Gasteiger partial charge in [-0.2, -0.15) is 0 Å². The topological polar surface area (TPSA) is 46.4 Å². The second-order valence-electron chi connectivity index (χ2n) is 7.16. The van der Waals surface area contributed by atoms with E-state index in [2.05, 4.69) is 5.32 Å². The maximum absolute atomic E-state index is 13.8. The van der Waals surface area contributed by atoms with E-state index >= 15 is 0 Å². The first-order valence-electron chi connectivity index (χ1n) is 9.31. The molecule has 0 aliphatic rings. The maximum Gasteiger partial charge on any atom is 0.230 e. The average Bonchev–Trinajstić information content (AvgIpc) is 3.04. The summed E-state index contributed by atoms with van der Waals surface area (Å²) >= 11 is 12.0. The number of pyridine rings is 1. The van der Waals surface area contributed by atoms with Crippen molar-refractivity contribution in [2.75, 3.05) is 5.32 Å².